The molecule has 0 bridgehead atoms. The van der Waals surface area contributed by atoms with Crippen molar-refractivity contribution < 1.29 is 24.2 Å². The molecule has 1 N–H and O–H groups in total. The zero-order valence-electron chi connectivity index (χ0n) is 9.84. The number of methoxy groups -OCH3 is 2. The number of carboxylic acid groups (broad SMARTS) is 1. The summed E-state index contributed by atoms with van der Waals surface area (Å²) in [6.07, 6.45) is 3.61. The number of fused-ring (bicyclic) bond motifs is 1. The Bertz CT molecular complexity index is 539. The number of aliphatic carboxylic acids is 1. The highest BCUT2D eigenvalue weighted by Crippen LogP contribution is 2.24. The van der Waals surface area contributed by atoms with Gasteiger partial charge in [0.05, 0.1) is 12.8 Å². The predicted molar refractivity (Wildman–Crippen MR) is 62.1 cm³/mol. The molecular weight excluding hydrogens is 238 g/mol. The molecule has 6 nitrogen and oxygen atoms in total. The normalized spacial score (nSPS) is 22.3. The number of carboxylic acids is 1. The average molecular weight is 249 g/mol. The van der Waals surface area contributed by atoms with E-state index in [0.29, 0.717) is 11.3 Å². The Morgan fingerprint density at radius 3 is 2.67 bits per heavy atom. The summed E-state index contributed by atoms with van der Waals surface area (Å²) in [5.41, 5.74) is 0.326. The number of carbonyl (C=O) groups is 2. The van der Waals surface area contributed by atoms with Crippen LogP contribution >= 0.6 is 0 Å². The van der Waals surface area contributed by atoms with E-state index in [0.717, 1.165) is 6.08 Å². The van der Waals surface area contributed by atoms with Gasteiger partial charge in [-0.05, 0) is 6.08 Å². The Morgan fingerprint density at radius 2 is 2.11 bits per heavy atom. The Balaban J connectivity index is 2.47. The van der Waals surface area contributed by atoms with E-state index in [1.54, 1.807) is 6.08 Å². The van der Waals surface area contributed by atoms with Crippen molar-refractivity contribution in [2.75, 3.05) is 14.2 Å². The van der Waals surface area contributed by atoms with Crippen LogP contribution in [0, 0.1) is 0 Å². The van der Waals surface area contributed by atoms with Gasteiger partial charge in [-0.2, -0.15) is 0 Å². The van der Waals surface area contributed by atoms with E-state index in [9.17, 15) is 9.59 Å². The fourth-order valence-electron chi connectivity index (χ4n) is 1.75. The first-order valence-corrected chi connectivity index (χ1v) is 5.15. The highest BCUT2D eigenvalue weighted by molar-refractivity contribution is 6.33. The van der Waals surface area contributed by atoms with Gasteiger partial charge >= 0.3 is 5.97 Å². The molecule has 0 saturated heterocycles. The third kappa shape index (κ3) is 1.98. The summed E-state index contributed by atoms with van der Waals surface area (Å²) in [6, 6.07) is 0. The third-order valence-corrected chi connectivity index (χ3v) is 2.64. The first kappa shape index (κ1) is 12.3. The molecule has 0 aromatic rings. The van der Waals surface area contributed by atoms with Gasteiger partial charge in [-0.1, -0.05) is 0 Å². The molecule has 94 valence electrons. The van der Waals surface area contributed by atoms with Crippen LogP contribution in [0.5, 0.6) is 0 Å². The maximum absolute atomic E-state index is 11.8. The van der Waals surface area contributed by atoms with Gasteiger partial charge in [-0.25, -0.2) is 9.79 Å². The average Bonchev–Trinajstić information content (AvgIpc) is 2.36. The first-order valence-electron chi connectivity index (χ1n) is 5.15. The summed E-state index contributed by atoms with van der Waals surface area (Å²) in [7, 11) is 2.96. The maximum atomic E-state index is 11.8. The van der Waals surface area contributed by atoms with Gasteiger partial charge in [0.15, 0.2) is 11.5 Å². The van der Waals surface area contributed by atoms with Crippen LogP contribution in [0.1, 0.15) is 0 Å². The standard InChI is InChI=1S/C12H11NO5/c1-17-10-3-6-7(5-11(10)18-2)13-8(12(15)16)4-9(6)14/h3-5,10H,1-2H3,(H,15,16). The molecule has 1 aliphatic heterocycles. The fourth-order valence-corrected chi connectivity index (χ4v) is 1.75. The van der Waals surface area contributed by atoms with Crippen molar-refractivity contribution in [3.63, 3.8) is 0 Å². The fraction of sp³-hybridized carbons (Fsp3) is 0.250. The second-order valence-electron chi connectivity index (χ2n) is 3.68. The monoisotopic (exact) mass is 249 g/mol. The first-order chi connectivity index (χ1) is 8.56. The van der Waals surface area contributed by atoms with Gasteiger partial charge in [0.2, 0.25) is 0 Å². The number of rotatable bonds is 3. The molecule has 0 saturated carbocycles. The molecule has 0 radical (unpaired) electrons. The molecule has 1 atom stereocenters. The lowest BCUT2D eigenvalue weighted by atomic mass is 9.94. The quantitative estimate of drug-likeness (QED) is 0.785. The van der Waals surface area contributed by atoms with Crippen molar-refractivity contribution in [2.24, 2.45) is 4.99 Å². The highest BCUT2D eigenvalue weighted by Gasteiger charge is 2.29. The second-order valence-corrected chi connectivity index (χ2v) is 3.68. The molecule has 0 aromatic carbocycles. The van der Waals surface area contributed by atoms with Crippen molar-refractivity contribution in [1.82, 2.24) is 0 Å². The number of hydrogen-bond acceptors (Lipinski definition) is 5. The van der Waals surface area contributed by atoms with Gasteiger partial charge in [0, 0.05) is 24.8 Å². The minimum Gasteiger partial charge on any atom is -0.498 e. The van der Waals surface area contributed by atoms with Crippen LogP contribution in [0.25, 0.3) is 0 Å². The van der Waals surface area contributed by atoms with Gasteiger partial charge < -0.3 is 14.6 Å². The van der Waals surface area contributed by atoms with Crippen LogP contribution in [0.3, 0.4) is 0 Å². The van der Waals surface area contributed by atoms with Gasteiger partial charge in [-0.3, -0.25) is 4.79 Å². The van der Waals surface area contributed by atoms with Gasteiger partial charge in [0.25, 0.3) is 0 Å². The lowest BCUT2D eigenvalue weighted by Crippen LogP contribution is -2.26. The highest BCUT2D eigenvalue weighted by atomic mass is 16.5. The molecule has 0 spiro atoms. The number of ketones is 1. The van der Waals surface area contributed by atoms with E-state index in [1.165, 1.54) is 20.3 Å². The molecule has 0 fully saturated rings. The van der Waals surface area contributed by atoms with Gasteiger partial charge in [0.1, 0.15) is 11.9 Å². The number of aliphatic imine (C=N–C) groups is 1. The number of ether oxygens (including phenoxy) is 2. The summed E-state index contributed by atoms with van der Waals surface area (Å²) in [4.78, 5) is 26.5. The largest absolute Gasteiger partial charge is 0.498 e. The molecule has 0 amide bonds. The van der Waals surface area contributed by atoms with Crippen molar-refractivity contribution in [3.8, 4) is 0 Å². The molecule has 6 heteroatoms. The molecule has 2 rings (SSSR count). The molecule has 1 unspecified atom stereocenters. The minimum atomic E-state index is -1.24. The Hall–Kier alpha value is -2.21. The topological polar surface area (TPSA) is 85.2 Å². The Labute approximate surface area is 103 Å². The lowest BCUT2D eigenvalue weighted by Gasteiger charge is -2.22. The van der Waals surface area contributed by atoms with Crippen LogP contribution in [0.2, 0.25) is 0 Å². The molecule has 2 aliphatic rings. The molecule has 0 aromatic heterocycles. The van der Waals surface area contributed by atoms with E-state index in [1.807, 2.05) is 0 Å². The van der Waals surface area contributed by atoms with E-state index in [2.05, 4.69) is 4.99 Å². The van der Waals surface area contributed by atoms with Crippen LogP contribution in [-0.2, 0) is 19.1 Å². The van der Waals surface area contributed by atoms with Crippen LogP contribution in [-0.4, -0.2) is 42.9 Å². The van der Waals surface area contributed by atoms with Gasteiger partial charge in [-0.15, -0.1) is 0 Å². The summed E-state index contributed by atoms with van der Waals surface area (Å²) in [6.45, 7) is 0. The maximum Gasteiger partial charge on any atom is 0.354 e. The van der Waals surface area contributed by atoms with Crippen LogP contribution < -0.4 is 0 Å². The summed E-state index contributed by atoms with van der Waals surface area (Å²) in [5, 5.41) is 8.84. The second kappa shape index (κ2) is 4.58. The van der Waals surface area contributed by atoms with Crippen molar-refractivity contribution >= 4 is 17.5 Å². The summed E-state index contributed by atoms with van der Waals surface area (Å²) < 4.78 is 10.3. The molecular formula is C12H11NO5. The number of allylic oxidation sites excluding steroid dienone is 3. The lowest BCUT2D eigenvalue weighted by molar-refractivity contribution is -0.133. The van der Waals surface area contributed by atoms with E-state index in [-0.39, 0.29) is 11.4 Å². The Morgan fingerprint density at radius 1 is 1.39 bits per heavy atom. The summed E-state index contributed by atoms with van der Waals surface area (Å²) >= 11 is 0. The predicted octanol–water partition coefficient (Wildman–Crippen LogP) is 0.464. The van der Waals surface area contributed by atoms with Crippen LogP contribution in [0.4, 0.5) is 0 Å². The van der Waals surface area contributed by atoms with Crippen molar-refractivity contribution in [3.05, 3.63) is 35.3 Å². The zero-order valence-corrected chi connectivity index (χ0v) is 9.84. The van der Waals surface area contributed by atoms with Crippen molar-refractivity contribution in [2.45, 2.75) is 6.10 Å². The zero-order chi connectivity index (χ0) is 13.3. The third-order valence-electron chi connectivity index (χ3n) is 2.64. The number of nitrogens with zero attached hydrogens (tertiary/aromatic N) is 1. The van der Waals surface area contributed by atoms with Crippen molar-refractivity contribution in [1.29, 1.82) is 0 Å². The minimum absolute atomic E-state index is 0.282. The number of hydrogen-bond donors (Lipinski definition) is 1. The summed E-state index contributed by atoms with van der Waals surface area (Å²) in [5.74, 6) is -1.17. The van der Waals surface area contributed by atoms with E-state index in [4.69, 9.17) is 14.6 Å². The van der Waals surface area contributed by atoms with Crippen LogP contribution in [0.15, 0.2) is 40.2 Å². The van der Waals surface area contributed by atoms with E-state index >= 15 is 0 Å². The Kier molecular flexibility index (Phi) is 3.12. The SMILES string of the molecule is COC1=CC2=NC(C(=O)O)=CC(=O)C2=CC1OC. The molecule has 1 aliphatic carbocycles. The molecule has 18 heavy (non-hydrogen) atoms. The number of carbonyl (C=O) groups excluding carboxylic acids is 1. The van der Waals surface area contributed by atoms with E-state index < -0.39 is 17.9 Å². The smallest absolute Gasteiger partial charge is 0.354 e. The molecule has 1 heterocycles.